The van der Waals surface area contributed by atoms with E-state index in [4.69, 9.17) is 9.15 Å². The maximum Gasteiger partial charge on any atom is 0.416 e. The van der Waals surface area contributed by atoms with Gasteiger partial charge in [-0.2, -0.15) is 13.2 Å². The molecule has 3 rings (SSSR count). The third-order valence-electron chi connectivity index (χ3n) is 3.66. The van der Waals surface area contributed by atoms with E-state index in [0.717, 1.165) is 12.1 Å². The number of hydrogen-bond acceptors (Lipinski definition) is 6. The number of benzene rings is 2. The highest BCUT2D eigenvalue weighted by atomic mass is 19.4. The van der Waals surface area contributed by atoms with Crippen molar-refractivity contribution in [3.05, 3.63) is 65.7 Å². The molecule has 1 amide bonds. The Morgan fingerprint density at radius 1 is 1.03 bits per heavy atom. The topological polar surface area (TPSA) is 94.3 Å². The van der Waals surface area contributed by atoms with Crippen molar-refractivity contribution in [3.8, 4) is 11.5 Å². The minimum Gasteiger partial charge on any atom is -0.455 e. The lowest BCUT2D eigenvalue weighted by atomic mass is 10.1. The number of nitrogens with one attached hydrogen (secondary N) is 1. The van der Waals surface area contributed by atoms with Crippen LogP contribution in [0.3, 0.4) is 0 Å². The fraction of sp³-hybridized carbons (Fsp3) is 0.158. The van der Waals surface area contributed by atoms with Crippen molar-refractivity contribution in [2.24, 2.45) is 0 Å². The predicted molar refractivity (Wildman–Crippen MR) is 94.5 cm³/mol. The molecule has 0 spiro atoms. The zero-order chi connectivity index (χ0) is 20.9. The molecule has 7 nitrogen and oxygen atoms in total. The van der Waals surface area contributed by atoms with E-state index < -0.39 is 36.6 Å². The van der Waals surface area contributed by atoms with Gasteiger partial charge in [0.1, 0.15) is 0 Å². The summed E-state index contributed by atoms with van der Waals surface area (Å²) in [6, 6.07) is 13.0. The summed E-state index contributed by atoms with van der Waals surface area (Å²) in [5.41, 5.74) is -0.0891. The van der Waals surface area contributed by atoms with Gasteiger partial charge in [0, 0.05) is 5.56 Å². The summed E-state index contributed by atoms with van der Waals surface area (Å²) in [5.74, 6) is -1.39. The van der Waals surface area contributed by atoms with E-state index in [1.54, 1.807) is 24.3 Å². The molecule has 0 aliphatic rings. The molecule has 0 radical (unpaired) electrons. The highest BCUT2D eigenvalue weighted by Crippen LogP contribution is 2.29. The van der Waals surface area contributed by atoms with Gasteiger partial charge in [-0.05, 0) is 23.8 Å². The molecular formula is C19H14F3N3O4. The summed E-state index contributed by atoms with van der Waals surface area (Å²) in [6.07, 6.45) is -4.92. The molecule has 0 saturated carbocycles. The fourth-order valence-electron chi connectivity index (χ4n) is 2.35. The Labute approximate surface area is 162 Å². The van der Waals surface area contributed by atoms with Gasteiger partial charge < -0.3 is 9.15 Å². The number of esters is 1. The number of carbonyl (C=O) groups excluding carboxylic acids is 2. The number of carbonyl (C=O) groups is 2. The third-order valence-corrected chi connectivity index (χ3v) is 3.66. The maximum atomic E-state index is 12.7. The third kappa shape index (κ3) is 5.64. The van der Waals surface area contributed by atoms with Gasteiger partial charge in [-0.15, -0.1) is 5.10 Å². The van der Waals surface area contributed by atoms with Gasteiger partial charge in [-0.1, -0.05) is 41.5 Å². The summed E-state index contributed by atoms with van der Waals surface area (Å²) in [7, 11) is 0. The predicted octanol–water partition coefficient (Wildman–Crippen LogP) is 3.48. The van der Waals surface area contributed by atoms with E-state index in [2.05, 4.69) is 15.5 Å². The molecule has 0 aliphatic heterocycles. The van der Waals surface area contributed by atoms with Crippen LogP contribution in [0.2, 0.25) is 0 Å². The molecule has 10 heteroatoms. The Morgan fingerprint density at radius 2 is 1.79 bits per heavy atom. The number of alkyl halides is 3. The lowest BCUT2D eigenvalue weighted by molar-refractivity contribution is -0.146. The molecule has 0 atom stereocenters. The van der Waals surface area contributed by atoms with E-state index in [1.165, 1.54) is 12.1 Å². The molecule has 150 valence electrons. The molecular weight excluding hydrogens is 391 g/mol. The summed E-state index contributed by atoms with van der Waals surface area (Å²) in [4.78, 5) is 23.6. The highest BCUT2D eigenvalue weighted by Gasteiger charge is 2.30. The summed E-state index contributed by atoms with van der Waals surface area (Å²) in [6.45, 7) is -0.652. The second-order valence-electron chi connectivity index (χ2n) is 5.86. The molecule has 0 saturated heterocycles. The second kappa shape index (κ2) is 8.55. The molecule has 0 unspecified atom stereocenters. The molecule has 1 heterocycles. The van der Waals surface area contributed by atoms with Gasteiger partial charge in [0.2, 0.25) is 5.89 Å². The average Bonchev–Trinajstić information content (AvgIpc) is 3.15. The van der Waals surface area contributed by atoms with Crippen molar-refractivity contribution >= 4 is 17.9 Å². The molecule has 3 aromatic rings. The Bertz CT molecular complexity index is 1000. The van der Waals surface area contributed by atoms with Crippen molar-refractivity contribution in [2.75, 3.05) is 11.9 Å². The number of rotatable bonds is 6. The van der Waals surface area contributed by atoms with Crippen LogP contribution in [0.25, 0.3) is 11.5 Å². The monoisotopic (exact) mass is 405 g/mol. The van der Waals surface area contributed by atoms with Crippen LogP contribution >= 0.6 is 0 Å². The van der Waals surface area contributed by atoms with Crippen LogP contribution in [0.1, 0.15) is 11.1 Å². The average molecular weight is 405 g/mol. The zero-order valence-electron chi connectivity index (χ0n) is 14.8. The quantitative estimate of drug-likeness (QED) is 0.631. The summed E-state index contributed by atoms with van der Waals surface area (Å²) >= 11 is 0. The van der Waals surface area contributed by atoms with Crippen LogP contribution in [-0.2, 0) is 26.9 Å². The van der Waals surface area contributed by atoms with Gasteiger partial charge in [-0.25, -0.2) is 0 Å². The van der Waals surface area contributed by atoms with Crippen LogP contribution in [0, 0.1) is 0 Å². The molecule has 1 N–H and O–H groups in total. The van der Waals surface area contributed by atoms with Crippen molar-refractivity contribution < 1.29 is 31.9 Å². The van der Waals surface area contributed by atoms with Gasteiger partial charge in [0.15, 0.2) is 6.61 Å². The molecule has 0 bridgehead atoms. The molecule has 2 aromatic carbocycles. The van der Waals surface area contributed by atoms with E-state index in [-0.39, 0.29) is 17.5 Å². The Balaban J connectivity index is 1.50. The van der Waals surface area contributed by atoms with Crippen LogP contribution in [0.5, 0.6) is 0 Å². The smallest absolute Gasteiger partial charge is 0.416 e. The van der Waals surface area contributed by atoms with Crippen molar-refractivity contribution in [1.82, 2.24) is 10.2 Å². The molecule has 0 aliphatic carbocycles. The first kappa shape index (κ1) is 20.1. The van der Waals surface area contributed by atoms with E-state index in [0.29, 0.717) is 5.56 Å². The van der Waals surface area contributed by atoms with Gasteiger partial charge >= 0.3 is 18.2 Å². The normalized spacial score (nSPS) is 11.1. The minimum atomic E-state index is -4.51. The molecule has 0 fully saturated rings. The van der Waals surface area contributed by atoms with Crippen molar-refractivity contribution in [2.45, 2.75) is 12.6 Å². The lowest BCUT2D eigenvalue weighted by Crippen LogP contribution is -2.21. The van der Waals surface area contributed by atoms with Crippen LogP contribution < -0.4 is 5.32 Å². The van der Waals surface area contributed by atoms with Crippen molar-refractivity contribution in [1.29, 1.82) is 0 Å². The second-order valence-corrected chi connectivity index (χ2v) is 5.86. The largest absolute Gasteiger partial charge is 0.455 e. The van der Waals surface area contributed by atoms with Crippen LogP contribution in [0.4, 0.5) is 19.2 Å². The highest BCUT2D eigenvalue weighted by molar-refractivity contribution is 5.91. The Morgan fingerprint density at radius 3 is 2.52 bits per heavy atom. The minimum absolute atomic E-state index is 0.120. The standard InChI is InChI=1S/C19H14F3N3O4/c20-19(21,22)14-8-4-5-12(9-14)10-16(27)28-11-15(26)23-18-25-24-17(29-18)13-6-2-1-3-7-13/h1-9H,10-11H2,(H,23,25,26). The number of ether oxygens (including phenoxy) is 1. The maximum absolute atomic E-state index is 12.7. The number of aromatic nitrogens is 2. The number of anilines is 1. The van der Waals surface area contributed by atoms with Gasteiger partial charge in [0.05, 0.1) is 12.0 Å². The first-order chi connectivity index (χ1) is 13.8. The Hall–Kier alpha value is -3.69. The van der Waals surface area contributed by atoms with E-state index in [1.807, 2.05) is 6.07 Å². The summed E-state index contributed by atoms with van der Waals surface area (Å²) < 4.78 is 48.1. The van der Waals surface area contributed by atoms with Crippen LogP contribution in [0.15, 0.2) is 59.0 Å². The summed E-state index contributed by atoms with van der Waals surface area (Å²) in [5, 5.41) is 9.73. The first-order valence-electron chi connectivity index (χ1n) is 8.32. The lowest BCUT2D eigenvalue weighted by Gasteiger charge is -2.08. The first-order valence-corrected chi connectivity index (χ1v) is 8.32. The molecule has 1 aromatic heterocycles. The van der Waals surface area contributed by atoms with Gasteiger partial charge in [-0.3, -0.25) is 14.9 Å². The van der Waals surface area contributed by atoms with E-state index in [9.17, 15) is 22.8 Å². The van der Waals surface area contributed by atoms with Crippen molar-refractivity contribution in [3.63, 3.8) is 0 Å². The van der Waals surface area contributed by atoms with E-state index >= 15 is 0 Å². The zero-order valence-corrected chi connectivity index (χ0v) is 14.8. The Kier molecular flexibility index (Phi) is 5.91. The number of hydrogen-bond donors (Lipinski definition) is 1. The molecule has 29 heavy (non-hydrogen) atoms. The SMILES string of the molecule is O=C(COC(=O)Cc1cccc(C(F)(F)F)c1)Nc1nnc(-c2ccccc2)o1. The van der Waals surface area contributed by atoms with Crippen LogP contribution in [-0.4, -0.2) is 28.7 Å². The van der Waals surface area contributed by atoms with Gasteiger partial charge in [0.25, 0.3) is 5.91 Å². The number of nitrogens with zero attached hydrogens (tertiary/aromatic N) is 2. The number of halogens is 3. The number of amides is 1. The fourth-order valence-corrected chi connectivity index (χ4v) is 2.35.